The average molecular weight is 314 g/mol. The molecule has 0 saturated carbocycles. The number of hydrogen-bond acceptors (Lipinski definition) is 0. The summed E-state index contributed by atoms with van der Waals surface area (Å²) in [5, 5.41) is 2.73. The highest BCUT2D eigenvalue weighted by atomic mass is 14.1. The van der Waals surface area contributed by atoms with Gasteiger partial charge in [-0.3, -0.25) is 0 Å². The fourth-order valence-electron chi connectivity index (χ4n) is 2.80. The maximum atomic E-state index is 3.11. The predicted molar refractivity (Wildman–Crippen MR) is 106 cm³/mol. The minimum atomic E-state index is 0.362. The highest BCUT2D eigenvalue weighted by Crippen LogP contribution is 2.24. The molecule has 0 heteroatoms. The van der Waals surface area contributed by atoms with Gasteiger partial charge in [-0.1, -0.05) is 92.6 Å². The van der Waals surface area contributed by atoms with Crippen molar-refractivity contribution in [3.63, 3.8) is 0 Å². The number of fused-ring (bicyclic) bond motifs is 1. The van der Waals surface area contributed by atoms with E-state index in [0.717, 1.165) is 0 Å². The molecule has 0 amide bonds. The molecule has 1 atom stereocenters. The van der Waals surface area contributed by atoms with Crippen molar-refractivity contribution >= 4 is 10.8 Å². The summed E-state index contributed by atoms with van der Waals surface area (Å²) in [6, 6.07) is 25.4. The summed E-state index contributed by atoms with van der Waals surface area (Å²) in [6.07, 6.45) is 0. The third kappa shape index (κ3) is 4.74. The zero-order valence-electron chi connectivity index (χ0n) is 15.1. The normalized spacial score (nSPS) is 11.2. The second-order valence-corrected chi connectivity index (χ2v) is 6.25. The van der Waals surface area contributed by atoms with Gasteiger partial charge in [0.15, 0.2) is 0 Å². The first-order valence-electron chi connectivity index (χ1n) is 8.58. The van der Waals surface area contributed by atoms with Crippen molar-refractivity contribution in [2.75, 3.05) is 0 Å². The fourth-order valence-corrected chi connectivity index (χ4v) is 2.80. The van der Waals surface area contributed by atoms with Crippen LogP contribution in [0.4, 0.5) is 0 Å². The first kappa shape index (κ1) is 17.8. The Kier molecular flexibility index (Phi) is 6.64. The van der Waals surface area contributed by atoms with E-state index in [1.807, 2.05) is 25.1 Å². The van der Waals surface area contributed by atoms with E-state index >= 15 is 0 Å². The Morgan fingerprint density at radius 2 is 1.33 bits per heavy atom. The van der Waals surface area contributed by atoms with E-state index in [4.69, 9.17) is 0 Å². The largest absolute Gasteiger partial charge is 0.106 e. The lowest BCUT2D eigenvalue weighted by Crippen LogP contribution is -1.88. The molecule has 0 spiro atoms. The van der Waals surface area contributed by atoms with Crippen LogP contribution in [0.5, 0.6) is 0 Å². The van der Waals surface area contributed by atoms with Gasteiger partial charge in [0.25, 0.3) is 0 Å². The van der Waals surface area contributed by atoms with Crippen molar-refractivity contribution in [3.05, 3.63) is 83.9 Å². The molecule has 0 heterocycles. The molecule has 0 bridgehead atoms. The maximum absolute atomic E-state index is 3.11. The van der Waals surface area contributed by atoms with Crippen molar-refractivity contribution in [2.24, 2.45) is 0 Å². The molecule has 122 valence electrons. The van der Waals surface area contributed by atoms with Crippen molar-refractivity contribution in [1.29, 1.82) is 0 Å². The van der Waals surface area contributed by atoms with Gasteiger partial charge >= 0.3 is 0 Å². The van der Waals surface area contributed by atoms with Crippen LogP contribution in [0, 0.1) is 11.8 Å². The standard InChI is InChI=1S/C13H14.C11H12/c1-10(2)12-9-5-7-11-6-3-4-8-13(11)12;1-3-7-10(2)11-8-5-4-6-9-11/h3-10H,1-2H3;4-6,8-10H,1-2H3. The lowest BCUT2D eigenvalue weighted by molar-refractivity contribution is 0.876. The van der Waals surface area contributed by atoms with Gasteiger partial charge in [-0.15, -0.1) is 5.92 Å². The van der Waals surface area contributed by atoms with Crippen molar-refractivity contribution in [1.82, 2.24) is 0 Å². The lowest BCUT2D eigenvalue weighted by Gasteiger charge is -2.08. The van der Waals surface area contributed by atoms with Gasteiger partial charge < -0.3 is 0 Å². The molecular weight excluding hydrogens is 288 g/mol. The summed E-state index contributed by atoms with van der Waals surface area (Å²) in [7, 11) is 0. The van der Waals surface area contributed by atoms with E-state index < -0.39 is 0 Å². The van der Waals surface area contributed by atoms with Crippen LogP contribution >= 0.6 is 0 Å². The molecule has 0 saturated heterocycles. The van der Waals surface area contributed by atoms with Crippen LogP contribution in [0.2, 0.25) is 0 Å². The van der Waals surface area contributed by atoms with Gasteiger partial charge in [-0.05, 0) is 41.7 Å². The first-order valence-corrected chi connectivity index (χ1v) is 8.58. The zero-order chi connectivity index (χ0) is 17.4. The van der Waals surface area contributed by atoms with E-state index in [-0.39, 0.29) is 0 Å². The maximum Gasteiger partial charge on any atom is 0.0423 e. The lowest BCUT2D eigenvalue weighted by atomic mass is 9.96. The van der Waals surface area contributed by atoms with E-state index in [1.54, 1.807) is 0 Å². The number of benzene rings is 3. The smallest absolute Gasteiger partial charge is 0.0423 e. The molecule has 0 aliphatic carbocycles. The second-order valence-electron chi connectivity index (χ2n) is 6.25. The van der Waals surface area contributed by atoms with Crippen molar-refractivity contribution in [2.45, 2.75) is 39.5 Å². The summed E-state index contributed by atoms with van der Waals surface area (Å²) in [5.74, 6) is 6.99. The molecule has 0 aliphatic rings. The van der Waals surface area contributed by atoms with Crippen LogP contribution in [0.3, 0.4) is 0 Å². The molecule has 0 radical (unpaired) electrons. The second kappa shape index (κ2) is 8.94. The average Bonchev–Trinajstić information content (AvgIpc) is 2.62. The third-order valence-electron chi connectivity index (χ3n) is 4.11. The molecule has 3 rings (SSSR count). The summed E-state index contributed by atoms with van der Waals surface area (Å²) in [5.41, 5.74) is 2.74. The van der Waals surface area contributed by atoms with Gasteiger partial charge in [-0.2, -0.15) is 0 Å². The first-order chi connectivity index (χ1) is 11.6. The van der Waals surface area contributed by atoms with Crippen LogP contribution in [0.25, 0.3) is 10.8 Å². The van der Waals surface area contributed by atoms with Crippen LogP contribution in [0.15, 0.2) is 72.8 Å². The van der Waals surface area contributed by atoms with Gasteiger partial charge in [0.1, 0.15) is 0 Å². The molecular formula is C24H26. The topological polar surface area (TPSA) is 0 Å². The van der Waals surface area contributed by atoms with Gasteiger partial charge in [0.2, 0.25) is 0 Å². The molecule has 0 aromatic heterocycles. The van der Waals surface area contributed by atoms with E-state index in [0.29, 0.717) is 11.8 Å². The SMILES string of the molecule is CC#CC(C)c1ccccc1.CC(C)c1cccc2ccccc12. The molecule has 0 N–H and O–H groups in total. The molecule has 0 aliphatic heterocycles. The van der Waals surface area contributed by atoms with E-state index in [2.05, 4.69) is 87.2 Å². The van der Waals surface area contributed by atoms with Crippen molar-refractivity contribution in [3.8, 4) is 11.8 Å². The molecule has 0 nitrogen and oxygen atoms in total. The Hall–Kier alpha value is -2.52. The summed E-state index contributed by atoms with van der Waals surface area (Å²) in [6.45, 7) is 8.47. The number of rotatable bonds is 2. The predicted octanol–water partition coefficient (Wildman–Crippen LogP) is 6.78. The Morgan fingerprint density at radius 1 is 0.708 bits per heavy atom. The summed E-state index contributed by atoms with van der Waals surface area (Å²) >= 11 is 0. The Labute approximate surface area is 146 Å². The fraction of sp³-hybridized carbons (Fsp3) is 0.250. The van der Waals surface area contributed by atoms with Crippen LogP contribution in [-0.4, -0.2) is 0 Å². The Morgan fingerprint density at radius 3 is 2.00 bits per heavy atom. The molecule has 0 fully saturated rings. The van der Waals surface area contributed by atoms with Gasteiger partial charge in [-0.25, -0.2) is 0 Å². The monoisotopic (exact) mass is 314 g/mol. The molecule has 24 heavy (non-hydrogen) atoms. The molecule has 3 aromatic rings. The minimum absolute atomic E-state index is 0.362. The number of hydrogen-bond donors (Lipinski definition) is 0. The highest BCUT2D eigenvalue weighted by molar-refractivity contribution is 5.86. The van der Waals surface area contributed by atoms with Crippen LogP contribution < -0.4 is 0 Å². The quantitative estimate of drug-likeness (QED) is 0.457. The van der Waals surface area contributed by atoms with Crippen LogP contribution in [-0.2, 0) is 0 Å². The summed E-state index contributed by atoms with van der Waals surface area (Å²) in [4.78, 5) is 0. The zero-order valence-corrected chi connectivity index (χ0v) is 15.1. The molecule has 1 unspecified atom stereocenters. The highest BCUT2D eigenvalue weighted by Gasteiger charge is 2.02. The van der Waals surface area contributed by atoms with Crippen LogP contribution in [0.1, 0.15) is 50.7 Å². The Bertz CT molecular complexity index is 811. The summed E-state index contributed by atoms with van der Waals surface area (Å²) < 4.78 is 0. The van der Waals surface area contributed by atoms with Gasteiger partial charge in [0.05, 0.1) is 0 Å². The minimum Gasteiger partial charge on any atom is -0.106 e. The molecule has 3 aromatic carbocycles. The van der Waals surface area contributed by atoms with Crippen molar-refractivity contribution < 1.29 is 0 Å². The third-order valence-corrected chi connectivity index (χ3v) is 4.11. The van der Waals surface area contributed by atoms with E-state index in [1.165, 1.54) is 21.9 Å². The Balaban J connectivity index is 0.000000177. The van der Waals surface area contributed by atoms with E-state index in [9.17, 15) is 0 Å². The van der Waals surface area contributed by atoms with Gasteiger partial charge in [0, 0.05) is 5.92 Å².